The molecule has 1 aliphatic carbocycles. The van der Waals surface area contributed by atoms with Gasteiger partial charge in [0.15, 0.2) is 0 Å². The Hall–Kier alpha value is -1.53. The molecule has 1 rings (SSSR count). The number of allylic oxidation sites excluding steroid dienone is 1. The lowest BCUT2D eigenvalue weighted by Crippen LogP contribution is -2.31. The second-order valence-electron chi connectivity index (χ2n) is 4.64. The first-order valence-electron chi connectivity index (χ1n) is 4.87. The lowest BCUT2D eigenvalue weighted by atomic mass is 10.1. The molecule has 1 unspecified atom stereocenters. The SMILES string of the molecule is CC1(C)CC1C(=O)N/C(=C\C(F)(F)F)C(=O)O. The molecule has 96 valence electrons. The molecule has 2 N–H and O–H groups in total. The van der Waals surface area contributed by atoms with E-state index in [1.807, 2.05) is 0 Å². The van der Waals surface area contributed by atoms with Crippen LogP contribution in [0.25, 0.3) is 0 Å². The van der Waals surface area contributed by atoms with Crippen LogP contribution in [0.3, 0.4) is 0 Å². The number of amides is 1. The molecule has 17 heavy (non-hydrogen) atoms. The summed E-state index contributed by atoms with van der Waals surface area (Å²) in [6.07, 6.45) is -4.67. The van der Waals surface area contributed by atoms with Gasteiger partial charge in [-0.05, 0) is 11.8 Å². The molecule has 0 heterocycles. The summed E-state index contributed by atoms with van der Waals surface area (Å²) in [5.74, 6) is -2.93. The zero-order valence-corrected chi connectivity index (χ0v) is 9.26. The number of nitrogens with one attached hydrogen (secondary N) is 1. The molecule has 1 aliphatic rings. The summed E-state index contributed by atoms with van der Waals surface area (Å²) in [6.45, 7) is 3.57. The van der Waals surface area contributed by atoms with Crippen molar-refractivity contribution in [3.8, 4) is 0 Å². The van der Waals surface area contributed by atoms with Crippen molar-refractivity contribution in [3.05, 3.63) is 11.8 Å². The van der Waals surface area contributed by atoms with Crippen LogP contribution in [0, 0.1) is 11.3 Å². The van der Waals surface area contributed by atoms with E-state index in [4.69, 9.17) is 5.11 Å². The predicted molar refractivity (Wildman–Crippen MR) is 51.8 cm³/mol. The van der Waals surface area contributed by atoms with Gasteiger partial charge in [-0.25, -0.2) is 4.79 Å². The Morgan fingerprint density at radius 3 is 2.18 bits per heavy atom. The normalized spacial score (nSPS) is 23.1. The molecule has 0 aromatic carbocycles. The fourth-order valence-electron chi connectivity index (χ4n) is 1.45. The maximum atomic E-state index is 12.0. The maximum Gasteiger partial charge on any atom is 0.412 e. The molecule has 1 fully saturated rings. The molecular weight excluding hydrogens is 239 g/mol. The molecule has 0 aliphatic heterocycles. The van der Waals surface area contributed by atoms with Crippen LogP contribution < -0.4 is 5.32 Å². The molecule has 0 radical (unpaired) electrons. The summed E-state index contributed by atoms with van der Waals surface area (Å²) in [4.78, 5) is 22.0. The van der Waals surface area contributed by atoms with Crippen LogP contribution in [0.1, 0.15) is 20.3 Å². The highest BCUT2D eigenvalue weighted by Gasteiger charge is 2.51. The van der Waals surface area contributed by atoms with E-state index in [1.165, 1.54) is 0 Å². The van der Waals surface area contributed by atoms with Gasteiger partial charge in [0.25, 0.3) is 0 Å². The minimum atomic E-state index is -4.78. The summed E-state index contributed by atoms with van der Waals surface area (Å²) in [7, 11) is 0. The molecule has 1 amide bonds. The van der Waals surface area contributed by atoms with E-state index >= 15 is 0 Å². The summed E-state index contributed by atoms with van der Waals surface area (Å²) < 4.78 is 36.0. The van der Waals surface area contributed by atoms with E-state index < -0.39 is 35.7 Å². The topological polar surface area (TPSA) is 66.4 Å². The van der Waals surface area contributed by atoms with E-state index in [1.54, 1.807) is 19.2 Å². The quantitative estimate of drug-likeness (QED) is 0.750. The van der Waals surface area contributed by atoms with Crippen molar-refractivity contribution in [1.29, 1.82) is 0 Å². The van der Waals surface area contributed by atoms with E-state index in [0.29, 0.717) is 6.42 Å². The molecule has 0 bridgehead atoms. The highest BCUT2D eigenvalue weighted by Crippen LogP contribution is 2.51. The van der Waals surface area contributed by atoms with E-state index in [9.17, 15) is 22.8 Å². The number of halogens is 3. The van der Waals surface area contributed by atoms with Gasteiger partial charge in [-0.2, -0.15) is 13.2 Å². The first-order chi connectivity index (χ1) is 7.53. The van der Waals surface area contributed by atoms with E-state index in [0.717, 1.165) is 0 Å². The van der Waals surface area contributed by atoms with Crippen molar-refractivity contribution in [2.24, 2.45) is 11.3 Å². The Bertz CT molecular complexity index is 385. The van der Waals surface area contributed by atoms with Crippen molar-refractivity contribution in [3.63, 3.8) is 0 Å². The van der Waals surface area contributed by atoms with Crippen LogP contribution in [0.2, 0.25) is 0 Å². The third kappa shape index (κ3) is 3.76. The number of carbonyl (C=O) groups excluding carboxylic acids is 1. The van der Waals surface area contributed by atoms with E-state index in [2.05, 4.69) is 0 Å². The number of hydrogen-bond acceptors (Lipinski definition) is 2. The average Bonchev–Trinajstić information content (AvgIpc) is 2.71. The van der Waals surface area contributed by atoms with Gasteiger partial charge in [-0.1, -0.05) is 13.8 Å². The standard InChI is InChI=1S/C10H12F3NO3/c1-9(2)3-5(9)7(15)14-6(8(16)17)4-10(11,12)13/h4-5H,3H2,1-2H3,(H,14,15)(H,16,17)/b6-4-. The van der Waals surface area contributed by atoms with Gasteiger partial charge in [0.1, 0.15) is 5.70 Å². The van der Waals surface area contributed by atoms with Gasteiger partial charge in [-0.15, -0.1) is 0 Å². The smallest absolute Gasteiger partial charge is 0.412 e. The Morgan fingerprint density at radius 2 is 1.88 bits per heavy atom. The van der Waals surface area contributed by atoms with Crippen LogP contribution in [-0.2, 0) is 9.59 Å². The number of aliphatic carboxylic acids is 1. The molecule has 0 saturated heterocycles. The number of carboxylic acids is 1. The van der Waals surface area contributed by atoms with Crippen molar-refractivity contribution in [2.45, 2.75) is 26.4 Å². The van der Waals surface area contributed by atoms with Crippen LogP contribution >= 0.6 is 0 Å². The zero-order valence-electron chi connectivity index (χ0n) is 9.26. The van der Waals surface area contributed by atoms with Crippen molar-refractivity contribution in [2.75, 3.05) is 0 Å². The van der Waals surface area contributed by atoms with Crippen molar-refractivity contribution >= 4 is 11.9 Å². The summed E-state index contributed by atoms with van der Waals surface area (Å²) in [5, 5.41) is 10.3. The molecule has 1 saturated carbocycles. The number of carboxylic acid groups (broad SMARTS) is 1. The van der Waals surface area contributed by atoms with Gasteiger partial charge >= 0.3 is 12.1 Å². The highest BCUT2D eigenvalue weighted by molar-refractivity contribution is 5.94. The van der Waals surface area contributed by atoms with Crippen LogP contribution in [0.4, 0.5) is 13.2 Å². The van der Waals surface area contributed by atoms with Gasteiger partial charge in [0.2, 0.25) is 5.91 Å². The first-order valence-corrected chi connectivity index (χ1v) is 4.87. The highest BCUT2D eigenvalue weighted by atomic mass is 19.4. The largest absolute Gasteiger partial charge is 0.477 e. The Morgan fingerprint density at radius 1 is 1.41 bits per heavy atom. The lowest BCUT2D eigenvalue weighted by molar-refractivity contribution is -0.136. The fourth-order valence-corrected chi connectivity index (χ4v) is 1.45. The number of carbonyl (C=O) groups is 2. The molecule has 7 heteroatoms. The minimum absolute atomic E-state index is 0.272. The number of alkyl halides is 3. The number of hydrogen-bond donors (Lipinski definition) is 2. The van der Waals surface area contributed by atoms with E-state index in [-0.39, 0.29) is 5.41 Å². The summed E-state index contributed by atoms with van der Waals surface area (Å²) >= 11 is 0. The average molecular weight is 251 g/mol. The van der Waals surface area contributed by atoms with Gasteiger partial charge in [-0.3, -0.25) is 4.79 Å². The second-order valence-corrected chi connectivity index (χ2v) is 4.64. The van der Waals surface area contributed by atoms with Crippen molar-refractivity contribution < 1.29 is 27.9 Å². The Kier molecular flexibility index (Phi) is 3.22. The van der Waals surface area contributed by atoms with Crippen LogP contribution in [-0.4, -0.2) is 23.2 Å². The van der Waals surface area contributed by atoms with Gasteiger partial charge in [0.05, 0.1) is 6.08 Å². The molecular formula is C10H12F3NO3. The Labute approximate surface area is 95.5 Å². The van der Waals surface area contributed by atoms with Gasteiger partial charge < -0.3 is 10.4 Å². The molecule has 4 nitrogen and oxygen atoms in total. The summed E-state index contributed by atoms with van der Waals surface area (Å²) in [6, 6.07) is 0. The third-order valence-corrected chi connectivity index (χ3v) is 2.63. The first kappa shape index (κ1) is 13.5. The third-order valence-electron chi connectivity index (χ3n) is 2.63. The number of rotatable bonds is 3. The molecule has 1 atom stereocenters. The Balaban J connectivity index is 2.73. The lowest BCUT2D eigenvalue weighted by Gasteiger charge is -2.08. The molecule has 0 aromatic heterocycles. The monoisotopic (exact) mass is 251 g/mol. The summed E-state index contributed by atoms with van der Waals surface area (Å²) in [5.41, 5.74) is -1.42. The zero-order chi connectivity index (χ0) is 13.4. The van der Waals surface area contributed by atoms with Crippen molar-refractivity contribution in [1.82, 2.24) is 5.32 Å². The van der Waals surface area contributed by atoms with Crippen LogP contribution in [0.15, 0.2) is 11.8 Å². The fraction of sp³-hybridized carbons (Fsp3) is 0.600. The second kappa shape index (κ2) is 4.05. The minimum Gasteiger partial charge on any atom is -0.477 e. The predicted octanol–water partition coefficient (Wildman–Crippen LogP) is 1.68. The molecule has 0 aromatic rings. The van der Waals surface area contributed by atoms with Gasteiger partial charge in [0, 0.05) is 5.92 Å². The van der Waals surface area contributed by atoms with Crippen LogP contribution in [0.5, 0.6) is 0 Å². The molecule has 0 spiro atoms. The maximum absolute atomic E-state index is 12.0.